The van der Waals surface area contributed by atoms with Gasteiger partial charge in [-0.2, -0.15) is 4.89 Å². The quantitative estimate of drug-likeness (QED) is 0.0530. The number of rotatable bonds is 24. The van der Waals surface area contributed by atoms with Gasteiger partial charge in [0.15, 0.2) is 0 Å². The lowest BCUT2D eigenvalue weighted by atomic mass is 9.97. The number of hydrogen-bond donors (Lipinski definition) is 0. The second-order valence-corrected chi connectivity index (χ2v) is 11.6. The first kappa shape index (κ1) is 34.9. The van der Waals surface area contributed by atoms with Crippen LogP contribution >= 0.6 is 0 Å². The molecule has 0 aromatic heterocycles. The Morgan fingerprint density at radius 3 is 1.74 bits per heavy atom. The van der Waals surface area contributed by atoms with Crippen LogP contribution in [0.4, 0.5) is 0 Å². The van der Waals surface area contributed by atoms with Crippen LogP contribution in [0.3, 0.4) is 0 Å². The van der Waals surface area contributed by atoms with E-state index < -0.39 is 0 Å². The Morgan fingerprint density at radius 2 is 1.21 bits per heavy atom. The number of nitrogens with zero attached hydrogens (tertiary/aromatic N) is 1. The molecule has 0 saturated carbocycles. The van der Waals surface area contributed by atoms with Gasteiger partial charge in [0, 0.05) is 6.42 Å². The Balaban J connectivity index is 2.22. The Bertz CT molecular complexity index is 572. The highest BCUT2D eigenvalue weighted by Crippen LogP contribution is 2.22. The van der Waals surface area contributed by atoms with Gasteiger partial charge in [0.2, 0.25) is 0 Å². The maximum Gasteiger partial charge on any atom is 0.342 e. The number of carbonyl (C=O) groups is 2. The molecule has 1 fully saturated rings. The molecule has 1 heterocycles. The lowest BCUT2D eigenvalue weighted by Gasteiger charge is -2.29. The molecular formula is C32H61NO5. The van der Waals surface area contributed by atoms with Crippen molar-refractivity contribution in [3.05, 3.63) is 0 Å². The van der Waals surface area contributed by atoms with Crippen molar-refractivity contribution in [2.45, 2.75) is 168 Å². The molecule has 1 aliphatic rings. The molecule has 0 aromatic rings. The minimum atomic E-state index is -0.257. The monoisotopic (exact) mass is 539 g/mol. The van der Waals surface area contributed by atoms with E-state index in [1.54, 1.807) is 0 Å². The summed E-state index contributed by atoms with van der Waals surface area (Å²) < 4.78 is 6.09. The van der Waals surface area contributed by atoms with Gasteiger partial charge < -0.3 is 9.64 Å². The van der Waals surface area contributed by atoms with E-state index in [0.29, 0.717) is 6.42 Å². The summed E-state index contributed by atoms with van der Waals surface area (Å²) in [4.78, 5) is 37.0. The first-order valence-corrected chi connectivity index (χ1v) is 16.2. The summed E-state index contributed by atoms with van der Waals surface area (Å²) in [6.45, 7) is 8.30. The van der Waals surface area contributed by atoms with Gasteiger partial charge >= 0.3 is 11.9 Å². The zero-order valence-corrected chi connectivity index (χ0v) is 25.5. The van der Waals surface area contributed by atoms with Gasteiger partial charge in [-0.1, -0.05) is 91.4 Å². The first-order chi connectivity index (χ1) is 18.5. The van der Waals surface area contributed by atoms with Gasteiger partial charge in [-0.25, -0.2) is 4.79 Å². The number of esters is 1. The Kier molecular flexibility index (Phi) is 21.8. The predicted molar refractivity (Wildman–Crippen MR) is 156 cm³/mol. The number of ether oxygens (including phenoxy) is 1. The second kappa shape index (κ2) is 23.7. The fraction of sp³-hybridized carbons (Fsp3) is 0.938. The molecule has 1 atom stereocenters. The number of likely N-dealkylation sites (tertiary alicyclic amines) is 1. The number of unbranched alkanes of at least 4 members (excludes halogenated alkanes) is 12. The van der Waals surface area contributed by atoms with Crippen LogP contribution in [0.1, 0.15) is 156 Å². The average molecular weight is 540 g/mol. The van der Waals surface area contributed by atoms with Crippen LogP contribution in [0.5, 0.6) is 0 Å². The second-order valence-electron chi connectivity index (χ2n) is 11.6. The van der Waals surface area contributed by atoms with Gasteiger partial charge in [0.25, 0.3) is 0 Å². The van der Waals surface area contributed by atoms with E-state index in [0.717, 1.165) is 96.6 Å². The summed E-state index contributed by atoms with van der Waals surface area (Å²) >= 11 is 0. The van der Waals surface area contributed by atoms with Crippen LogP contribution in [0, 0.1) is 5.92 Å². The highest BCUT2D eigenvalue weighted by Gasteiger charge is 2.26. The van der Waals surface area contributed by atoms with E-state index in [-0.39, 0.29) is 30.1 Å². The molecule has 0 bridgehead atoms. The molecule has 224 valence electrons. The van der Waals surface area contributed by atoms with E-state index in [2.05, 4.69) is 18.9 Å². The third-order valence-electron chi connectivity index (χ3n) is 8.06. The van der Waals surface area contributed by atoms with Gasteiger partial charge in [-0.05, 0) is 77.9 Å². The van der Waals surface area contributed by atoms with Crippen molar-refractivity contribution >= 4 is 11.9 Å². The molecule has 0 aliphatic carbocycles. The average Bonchev–Trinajstić information content (AvgIpc) is 2.92. The summed E-state index contributed by atoms with van der Waals surface area (Å²) in [7, 11) is 2.13. The van der Waals surface area contributed by atoms with Crippen LogP contribution in [-0.2, 0) is 24.1 Å². The Hall–Kier alpha value is -1.14. The molecule has 0 spiro atoms. The fourth-order valence-corrected chi connectivity index (χ4v) is 5.21. The lowest BCUT2D eigenvalue weighted by Crippen LogP contribution is -2.35. The van der Waals surface area contributed by atoms with E-state index in [1.165, 1.54) is 44.9 Å². The van der Waals surface area contributed by atoms with Crippen LogP contribution in [0.2, 0.25) is 0 Å². The van der Waals surface area contributed by atoms with Gasteiger partial charge in [-0.3, -0.25) is 9.68 Å². The molecular weight excluding hydrogens is 478 g/mol. The van der Waals surface area contributed by atoms with Crippen molar-refractivity contribution in [1.82, 2.24) is 4.90 Å². The zero-order valence-electron chi connectivity index (χ0n) is 25.5. The van der Waals surface area contributed by atoms with E-state index in [9.17, 15) is 9.59 Å². The standard InChI is InChI=1S/C32H61NO5/c1-5-8-9-10-11-12-15-18-21-30(36-32(35)28-24-26-33(4)27-25-28)22-19-16-13-14-17-20-23-31(34)38-37-29(6-2)7-3/h28-30H,5-27H2,1-4H3. The SMILES string of the molecule is CCCCCCCCCCC(CCCCCCCCC(=O)OOC(CC)CC)OC(=O)C1CCN(C)CC1. The molecule has 1 rings (SSSR count). The molecule has 0 aromatic carbocycles. The van der Waals surface area contributed by atoms with Crippen molar-refractivity contribution in [2.24, 2.45) is 5.92 Å². The molecule has 6 heteroatoms. The largest absolute Gasteiger partial charge is 0.462 e. The third kappa shape index (κ3) is 18.2. The third-order valence-corrected chi connectivity index (χ3v) is 8.06. The molecule has 1 unspecified atom stereocenters. The maximum absolute atomic E-state index is 12.8. The fourth-order valence-electron chi connectivity index (χ4n) is 5.21. The number of hydrogen-bond acceptors (Lipinski definition) is 6. The molecule has 0 amide bonds. The molecule has 1 aliphatic heterocycles. The minimum Gasteiger partial charge on any atom is -0.462 e. The van der Waals surface area contributed by atoms with Gasteiger partial charge in [0.05, 0.1) is 5.92 Å². The molecule has 0 N–H and O–H groups in total. The van der Waals surface area contributed by atoms with Crippen molar-refractivity contribution in [3.8, 4) is 0 Å². The van der Waals surface area contributed by atoms with Crippen LogP contribution in [0.15, 0.2) is 0 Å². The molecule has 38 heavy (non-hydrogen) atoms. The van der Waals surface area contributed by atoms with Crippen molar-refractivity contribution in [3.63, 3.8) is 0 Å². The number of carbonyl (C=O) groups excluding carboxylic acids is 2. The topological polar surface area (TPSA) is 65.1 Å². The van der Waals surface area contributed by atoms with E-state index in [4.69, 9.17) is 14.5 Å². The summed E-state index contributed by atoms with van der Waals surface area (Å²) in [6.07, 6.45) is 22.9. The normalized spacial score (nSPS) is 15.6. The molecule has 0 radical (unpaired) electrons. The Labute approximate surface area is 234 Å². The predicted octanol–water partition coefficient (Wildman–Crippen LogP) is 8.56. The zero-order chi connectivity index (χ0) is 27.8. The Morgan fingerprint density at radius 1 is 0.711 bits per heavy atom. The van der Waals surface area contributed by atoms with Crippen molar-refractivity contribution in [2.75, 3.05) is 20.1 Å². The van der Waals surface area contributed by atoms with Crippen molar-refractivity contribution < 1.29 is 24.1 Å². The van der Waals surface area contributed by atoms with Crippen LogP contribution in [0.25, 0.3) is 0 Å². The highest BCUT2D eigenvalue weighted by molar-refractivity contribution is 5.72. The molecule has 6 nitrogen and oxygen atoms in total. The van der Waals surface area contributed by atoms with Crippen molar-refractivity contribution in [1.29, 1.82) is 0 Å². The van der Waals surface area contributed by atoms with Crippen LogP contribution in [-0.4, -0.2) is 49.2 Å². The summed E-state index contributed by atoms with van der Waals surface area (Å²) in [5.41, 5.74) is 0. The lowest BCUT2D eigenvalue weighted by molar-refractivity contribution is -0.298. The highest BCUT2D eigenvalue weighted by atomic mass is 17.2. The summed E-state index contributed by atoms with van der Waals surface area (Å²) in [5, 5.41) is 0. The van der Waals surface area contributed by atoms with Gasteiger partial charge in [0.1, 0.15) is 12.2 Å². The number of piperidine rings is 1. The first-order valence-electron chi connectivity index (χ1n) is 16.2. The smallest absolute Gasteiger partial charge is 0.342 e. The summed E-state index contributed by atoms with van der Waals surface area (Å²) in [5.74, 6) is -0.131. The minimum absolute atomic E-state index is 0.00182. The van der Waals surface area contributed by atoms with E-state index in [1.807, 2.05) is 13.8 Å². The molecule has 1 saturated heterocycles. The maximum atomic E-state index is 12.8. The van der Waals surface area contributed by atoms with Crippen LogP contribution < -0.4 is 0 Å². The summed E-state index contributed by atoms with van der Waals surface area (Å²) in [6, 6.07) is 0. The van der Waals surface area contributed by atoms with E-state index >= 15 is 0 Å². The van der Waals surface area contributed by atoms with Gasteiger partial charge in [-0.15, -0.1) is 0 Å².